The summed E-state index contributed by atoms with van der Waals surface area (Å²) in [6.07, 6.45) is 3.04. The zero-order chi connectivity index (χ0) is 23.1. The number of anilines is 2. The highest BCUT2D eigenvalue weighted by Crippen LogP contribution is 2.26. The summed E-state index contributed by atoms with van der Waals surface area (Å²) in [5.41, 5.74) is 0.158. The Kier molecular flexibility index (Phi) is 7.67. The van der Waals surface area contributed by atoms with Gasteiger partial charge in [-0.1, -0.05) is 36.4 Å². The van der Waals surface area contributed by atoms with Crippen molar-refractivity contribution in [2.45, 2.75) is 4.90 Å². The number of benzene rings is 3. The number of halogens is 4. The molecule has 0 bridgehead atoms. The van der Waals surface area contributed by atoms with Crippen molar-refractivity contribution in [3.05, 3.63) is 95.6 Å². The molecule has 3 rings (SSSR count). The maximum Gasteiger partial charge on any atom is 0.248 e. The molecule has 0 saturated carbocycles. The van der Waals surface area contributed by atoms with Crippen LogP contribution in [-0.4, -0.2) is 17.6 Å². The van der Waals surface area contributed by atoms with Crippen LogP contribution in [-0.2, 0) is 9.59 Å². The van der Waals surface area contributed by atoms with Gasteiger partial charge in [0.25, 0.3) is 0 Å². The molecule has 0 heterocycles. The molecule has 3 aromatic rings. The Morgan fingerprint density at radius 3 is 2.22 bits per heavy atom. The monoisotopic (exact) mass is 460 g/mol. The van der Waals surface area contributed by atoms with Crippen LogP contribution in [0.4, 0.5) is 28.9 Å². The number of carbonyl (C=O) groups excluding carboxylic acids is 2. The molecule has 3 aromatic carbocycles. The first-order chi connectivity index (χ1) is 15.3. The summed E-state index contributed by atoms with van der Waals surface area (Å²) in [6, 6.07) is 15.9. The zero-order valence-electron chi connectivity index (χ0n) is 16.4. The highest BCUT2D eigenvalue weighted by molar-refractivity contribution is 8.00. The van der Waals surface area contributed by atoms with E-state index in [2.05, 4.69) is 5.32 Å². The van der Waals surface area contributed by atoms with Crippen LogP contribution < -0.4 is 10.6 Å². The first-order valence-electron chi connectivity index (χ1n) is 9.23. The largest absolute Gasteiger partial charge is 0.322 e. The van der Waals surface area contributed by atoms with Crippen LogP contribution in [0.3, 0.4) is 0 Å². The number of amides is 2. The first-order valence-corrected chi connectivity index (χ1v) is 10.2. The van der Waals surface area contributed by atoms with Crippen molar-refractivity contribution in [1.29, 1.82) is 0 Å². The van der Waals surface area contributed by atoms with Gasteiger partial charge in [0, 0.05) is 22.7 Å². The van der Waals surface area contributed by atoms with Crippen molar-refractivity contribution >= 4 is 41.0 Å². The average molecular weight is 460 g/mol. The normalized spacial score (nSPS) is 10.9. The van der Waals surface area contributed by atoms with Gasteiger partial charge in [-0.2, -0.15) is 0 Å². The predicted molar refractivity (Wildman–Crippen MR) is 116 cm³/mol. The summed E-state index contributed by atoms with van der Waals surface area (Å²) in [5.74, 6) is -8.10. The van der Waals surface area contributed by atoms with E-state index in [0.717, 1.165) is 17.3 Å². The summed E-state index contributed by atoms with van der Waals surface area (Å²) >= 11 is 1.01. The van der Waals surface area contributed by atoms with Crippen molar-refractivity contribution in [2.24, 2.45) is 0 Å². The second-order valence-corrected chi connectivity index (χ2v) is 7.49. The maximum atomic E-state index is 13.7. The lowest BCUT2D eigenvalue weighted by Gasteiger charge is -2.09. The predicted octanol–water partition coefficient (Wildman–Crippen LogP) is 5.63. The van der Waals surface area contributed by atoms with Crippen molar-refractivity contribution < 1.29 is 27.2 Å². The van der Waals surface area contributed by atoms with Gasteiger partial charge in [0.1, 0.15) is 5.69 Å². The third kappa shape index (κ3) is 6.21. The molecule has 9 heteroatoms. The molecule has 0 atom stereocenters. The fourth-order valence-corrected chi connectivity index (χ4v) is 3.35. The third-order valence-corrected chi connectivity index (χ3v) is 5.07. The number of rotatable bonds is 7. The highest BCUT2D eigenvalue weighted by atomic mass is 32.2. The Hall–Kier alpha value is -3.59. The average Bonchev–Trinajstić information content (AvgIpc) is 2.79. The third-order valence-electron chi connectivity index (χ3n) is 4.07. The van der Waals surface area contributed by atoms with Gasteiger partial charge in [-0.05, 0) is 29.8 Å². The Bertz CT molecular complexity index is 1140. The highest BCUT2D eigenvalue weighted by Gasteiger charge is 2.20. The van der Waals surface area contributed by atoms with E-state index in [0.29, 0.717) is 10.6 Å². The van der Waals surface area contributed by atoms with E-state index < -0.39 is 34.9 Å². The van der Waals surface area contributed by atoms with Gasteiger partial charge in [-0.3, -0.25) is 9.59 Å². The maximum absolute atomic E-state index is 13.7. The molecule has 0 spiro atoms. The Morgan fingerprint density at radius 1 is 0.844 bits per heavy atom. The summed E-state index contributed by atoms with van der Waals surface area (Å²) in [7, 11) is 0. The van der Waals surface area contributed by atoms with Crippen molar-refractivity contribution in [2.75, 3.05) is 16.4 Å². The summed E-state index contributed by atoms with van der Waals surface area (Å²) < 4.78 is 53.8. The van der Waals surface area contributed by atoms with Crippen molar-refractivity contribution in [3.8, 4) is 0 Å². The van der Waals surface area contributed by atoms with Crippen LogP contribution in [0, 0.1) is 23.3 Å². The Balaban J connectivity index is 1.58. The zero-order valence-corrected chi connectivity index (χ0v) is 17.2. The van der Waals surface area contributed by atoms with Crippen LogP contribution in [0.1, 0.15) is 5.56 Å². The van der Waals surface area contributed by atoms with Crippen LogP contribution in [0.25, 0.3) is 6.08 Å². The van der Waals surface area contributed by atoms with E-state index in [4.69, 9.17) is 0 Å². The van der Waals surface area contributed by atoms with Gasteiger partial charge in [-0.25, -0.2) is 17.6 Å². The molecular weight excluding hydrogens is 444 g/mol. The van der Waals surface area contributed by atoms with Crippen LogP contribution in [0.5, 0.6) is 0 Å². The van der Waals surface area contributed by atoms with E-state index in [1.807, 2.05) is 35.6 Å². The van der Waals surface area contributed by atoms with Gasteiger partial charge < -0.3 is 10.6 Å². The molecule has 0 aromatic heterocycles. The molecular formula is C23H16F4N2O2S. The molecule has 0 aliphatic heterocycles. The molecule has 164 valence electrons. The number of carbonyl (C=O) groups is 2. The van der Waals surface area contributed by atoms with Crippen LogP contribution in [0.15, 0.2) is 71.6 Å². The van der Waals surface area contributed by atoms with Gasteiger partial charge in [0.2, 0.25) is 11.8 Å². The van der Waals surface area contributed by atoms with Crippen molar-refractivity contribution in [3.63, 3.8) is 0 Å². The molecule has 4 nitrogen and oxygen atoms in total. The Labute approximate surface area is 185 Å². The van der Waals surface area contributed by atoms with Gasteiger partial charge in [0.15, 0.2) is 23.3 Å². The van der Waals surface area contributed by atoms with E-state index in [9.17, 15) is 27.2 Å². The molecule has 0 fully saturated rings. The molecule has 0 unspecified atom stereocenters. The number of hydrogen-bond donors (Lipinski definition) is 2. The summed E-state index contributed by atoms with van der Waals surface area (Å²) in [6.45, 7) is 0. The quantitative estimate of drug-likeness (QED) is 0.208. The Morgan fingerprint density at radius 2 is 1.53 bits per heavy atom. The number of nitrogens with one attached hydrogen (secondary N) is 2. The minimum absolute atomic E-state index is 0.0594. The minimum Gasteiger partial charge on any atom is -0.322 e. The molecule has 2 N–H and O–H groups in total. The molecule has 0 radical (unpaired) electrons. The number of thioether (sulfide) groups is 1. The lowest BCUT2D eigenvalue weighted by molar-refractivity contribution is -0.114. The summed E-state index contributed by atoms with van der Waals surface area (Å²) in [4.78, 5) is 24.7. The fraction of sp³-hybridized carbons (Fsp3) is 0.0435. The van der Waals surface area contributed by atoms with E-state index >= 15 is 0 Å². The van der Waals surface area contributed by atoms with Crippen LogP contribution >= 0.6 is 11.8 Å². The van der Waals surface area contributed by atoms with Gasteiger partial charge in [0.05, 0.1) is 5.75 Å². The fourth-order valence-electron chi connectivity index (χ4n) is 2.59. The second-order valence-electron chi connectivity index (χ2n) is 6.44. The number of hydrogen-bond acceptors (Lipinski definition) is 3. The van der Waals surface area contributed by atoms with E-state index in [-0.39, 0.29) is 17.7 Å². The van der Waals surface area contributed by atoms with Gasteiger partial charge >= 0.3 is 0 Å². The van der Waals surface area contributed by atoms with Crippen LogP contribution in [0.2, 0.25) is 0 Å². The smallest absolute Gasteiger partial charge is 0.248 e. The molecule has 0 saturated heterocycles. The lowest BCUT2D eigenvalue weighted by atomic mass is 10.2. The molecule has 0 aliphatic rings. The van der Waals surface area contributed by atoms with Crippen molar-refractivity contribution in [1.82, 2.24) is 0 Å². The minimum atomic E-state index is -1.68. The first kappa shape index (κ1) is 23.1. The van der Waals surface area contributed by atoms with Gasteiger partial charge in [-0.15, -0.1) is 11.8 Å². The summed E-state index contributed by atoms with van der Waals surface area (Å²) in [5, 5.41) is 4.53. The SMILES string of the molecule is O=C(/C=C/c1ccccc1)Nc1cccc(SCC(=O)Nc2c(F)c(F)cc(F)c2F)c1. The second kappa shape index (κ2) is 10.6. The molecule has 32 heavy (non-hydrogen) atoms. The lowest BCUT2D eigenvalue weighted by Crippen LogP contribution is -2.17. The standard InChI is InChI=1S/C23H16F4N2O2S/c24-17-12-18(25)22(27)23(21(17)26)29-20(31)13-32-16-8-4-7-15(11-16)28-19(30)10-9-14-5-2-1-3-6-14/h1-12H,13H2,(H,28,30)(H,29,31)/b10-9+. The topological polar surface area (TPSA) is 58.2 Å². The molecule has 0 aliphatic carbocycles. The van der Waals surface area contributed by atoms with E-state index in [1.165, 1.54) is 6.08 Å². The molecule has 2 amide bonds. The van der Waals surface area contributed by atoms with E-state index in [1.54, 1.807) is 30.3 Å².